The molecule has 1 aromatic carbocycles. The van der Waals surface area contributed by atoms with Crippen LogP contribution in [0.4, 0.5) is 0 Å². The Labute approximate surface area is 130 Å². The number of hydrogen-bond acceptors (Lipinski definition) is 4. The van der Waals surface area contributed by atoms with Crippen LogP contribution in [0.1, 0.15) is 16.9 Å². The normalized spacial score (nSPS) is 24.3. The zero-order valence-electron chi connectivity index (χ0n) is 10.5. The van der Waals surface area contributed by atoms with Crippen molar-refractivity contribution in [2.24, 2.45) is 0 Å². The smallest absolute Gasteiger partial charge is 0.178 e. The summed E-state index contributed by atoms with van der Waals surface area (Å²) in [6.07, 6.45) is 0.678. The molecule has 0 saturated heterocycles. The van der Waals surface area contributed by atoms with Crippen molar-refractivity contribution in [3.8, 4) is 0 Å². The van der Waals surface area contributed by atoms with Gasteiger partial charge in [-0.1, -0.05) is 18.2 Å². The molecule has 2 heterocycles. The van der Waals surface area contributed by atoms with Gasteiger partial charge in [0.2, 0.25) is 0 Å². The lowest BCUT2D eigenvalue weighted by Gasteiger charge is -2.34. The van der Waals surface area contributed by atoms with Crippen LogP contribution in [-0.4, -0.2) is 19.3 Å². The molecule has 2 aromatic rings. The van der Waals surface area contributed by atoms with E-state index >= 15 is 0 Å². The fourth-order valence-electron chi connectivity index (χ4n) is 2.59. The monoisotopic (exact) mass is 372 g/mol. The fourth-order valence-corrected chi connectivity index (χ4v) is 5.85. The maximum Gasteiger partial charge on any atom is 0.178 e. The molecule has 0 aliphatic carbocycles. The van der Waals surface area contributed by atoms with E-state index in [-0.39, 0.29) is 17.1 Å². The molecule has 1 aliphatic rings. The molecule has 1 aliphatic heterocycles. The number of rotatable bonds is 2. The number of benzene rings is 1. The van der Waals surface area contributed by atoms with Crippen LogP contribution in [0.15, 0.2) is 45.1 Å². The molecule has 6 heteroatoms. The number of halogens is 1. The Hall–Kier alpha value is -0.690. The summed E-state index contributed by atoms with van der Waals surface area (Å²) in [4.78, 5) is 1.30. The van der Waals surface area contributed by atoms with Gasteiger partial charge in [0.15, 0.2) is 9.84 Å². The van der Waals surface area contributed by atoms with Crippen molar-refractivity contribution in [3.05, 3.63) is 50.6 Å². The first-order chi connectivity index (χ1) is 9.41. The van der Waals surface area contributed by atoms with Crippen LogP contribution in [0.25, 0.3) is 0 Å². The second kappa shape index (κ2) is 4.94. The van der Waals surface area contributed by atoms with E-state index in [1.807, 2.05) is 11.4 Å². The molecule has 20 heavy (non-hydrogen) atoms. The minimum atomic E-state index is -3.27. The standard InChI is InChI=1S/C14H13BrO3S2/c15-10-7-11(19-9-10)8-14(16)5-6-20(17,18)13-4-2-1-3-12(13)14/h1-4,7,9,16H,5-6,8H2. The second-order valence-electron chi connectivity index (χ2n) is 5.00. The van der Waals surface area contributed by atoms with E-state index in [9.17, 15) is 13.5 Å². The molecule has 0 bridgehead atoms. The second-order valence-corrected chi connectivity index (χ2v) is 8.99. The van der Waals surface area contributed by atoms with Gasteiger partial charge in [0, 0.05) is 26.7 Å². The van der Waals surface area contributed by atoms with Crippen molar-refractivity contribution in [2.45, 2.75) is 23.3 Å². The third-order valence-electron chi connectivity index (χ3n) is 3.60. The van der Waals surface area contributed by atoms with Crippen LogP contribution in [0.3, 0.4) is 0 Å². The van der Waals surface area contributed by atoms with Gasteiger partial charge in [0.25, 0.3) is 0 Å². The van der Waals surface area contributed by atoms with Gasteiger partial charge in [0.05, 0.1) is 16.2 Å². The van der Waals surface area contributed by atoms with Crippen LogP contribution in [0.2, 0.25) is 0 Å². The molecule has 0 saturated carbocycles. The van der Waals surface area contributed by atoms with E-state index < -0.39 is 15.4 Å². The topological polar surface area (TPSA) is 54.4 Å². The number of sulfone groups is 1. The molecule has 0 amide bonds. The van der Waals surface area contributed by atoms with Crippen molar-refractivity contribution in [1.29, 1.82) is 0 Å². The third-order valence-corrected chi connectivity index (χ3v) is 7.06. The summed E-state index contributed by atoms with van der Waals surface area (Å²) >= 11 is 4.96. The Balaban J connectivity index is 2.06. The van der Waals surface area contributed by atoms with E-state index in [2.05, 4.69) is 15.9 Å². The molecule has 1 unspecified atom stereocenters. The number of aliphatic hydroxyl groups is 1. The number of fused-ring (bicyclic) bond motifs is 1. The lowest BCUT2D eigenvalue weighted by molar-refractivity contribution is 0.0291. The number of thiophene rings is 1. The average Bonchev–Trinajstić information content (AvgIpc) is 2.81. The third kappa shape index (κ3) is 2.45. The van der Waals surface area contributed by atoms with Gasteiger partial charge in [-0.3, -0.25) is 0 Å². The highest BCUT2D eigenvalue weighted by atomic mass is 79.9. The average molecular weight is 373 g/mol. The summed E-state index contributed by atoms with van der Waals surface area (Å²) in [6, 6.07) is 8.74. The van der Waals surface area contributed by atoms with Gasteiger partial charge in [-0.2, -0.15) is 0 Å². The summed E-state index contributed by atoms with van der Waals surface area (Å²) in [5.74, 6) is -0.00689. The molecule has 106 valence electrons. The highest BCUT2D eigenvalue weighted by Crippen LogP contribution is 2.40. The highest BCUT2D eigenvalue weighted by molar-refractivity contribution is 9.10. The van der Waals surface area contributed by atoms with Gasteiger partial charge in [-0.15, -0.1) is 11.3 Å². The Morgan fingerprint density at radius 2 is 2.10 bits per heavy atom. The van der Waals surface area contributed by atoms with Crippen LogP contribution < -0.4 is 0 Å². The predicted octanol–water partition coefficient (Wildman–Crippen LogP) is 3.12. The quantitative estimate of drug-likeness (QED) is 0.880. The van der Waals surface area contributed by atoms with E-state index in [0.717, 1.165) is 9.35 Å². The zero-order chi connectivity index (χ0) is 14.4. The van der Waals surface area contributed by atoms with Crippen molar-refractivity contribution < 1.29 is 13.5 Å². The molecule has 1 aromatic heterocycles. The molecular weight excluding hydrogens is 360 g/mol. The minimum Gasteiger partial charge on any atom is -0.385 e. The van der Waals surface area contributed by atoms with E-state index in [4.69, 9.17) is 0 Å². The van der Waals surface area contributed by atoms with Gasteiger partial charge in [-0.25, -0.2) is 8.42 Å². The predicted molar refractivity (Wildman–Crippen MR) is 82.7 cm³/mol. The molecule has 1 atom stereocenters. The lowest BCUT2D eigenvalue weighted by atomic mass is 9.87. The summed E-state index contributed by atoms with van der Waals surface area (Å²) in [5.41, 5.74) is -0.581. The van der Waals surface area contributed by atoms with Crippen LogP contribution in [0.5, 0.6) is 0 Å². The molecule has 0 spiro atoms. The summed E-state index contributed by atoms with van der Waals surface area (Å²) < 4.78 is 25.2. The first kappa shape index (κ1) is 14.3. The van der Waals surface area contributed by atoms with Crippen LogP contribution in [-0.2, 0) is 21.9 Å². The van der Waals surface area contributed by atoms with Crippen molar-refractivity contribution in [1.82, 2.24) is 0 Å². The highest BCUT2D eigenvalue weighted by Gasteiger charge is 2.40. The summed E-state index contributed by atoms with van der Waals surface area (Å²) in [5, 5.41) is 12.9. The van der Waals surface area contributed by atoms with E-state index in [1.54, 1.807) is 35.6 Å². The Morgan fingerprint density at radius 3 is 2.80 bits per heavy atom. The Morgan fingerprint density at radius 1 is 1.35 bits per heavy atom. The van der Waals surface area contributed by atoms with Crippen molar-refractivity contribution >= 4 is 37.1 Å². The number of hydrogen-bond donors (Lipinski definition) is 1. The fraction of sp³-hybridized carbons (Fsp3) is 0.286. The lowest BCUT2D eigenvalue weighted by Crippen LogP contribution is -2.37. The van der Waals surface area contributed by atoms with Gasteiger partial charge in [0.1, 0.15) is 0 Å². The summed E-state index contributed by atoms with van der Waals surface area (Å²) in [6.45, 7) is 0. The van der Waals surface area contributed by atoms with Gasteiger partial charge >= 0.3 is 0 Å². The molecular formula is C14H13BrO3S2. The largest absolute Gasteiger partial charge is 0.385 e. The first-order valence-electron chi connectivity index (χ1n) is 6.18. The van der Waals surface area contributed by atoms with Gasteiger partial charge in [-0.05, 0) is 34.5 Å². The maximum atomic E-state index is 12.1. The Kier molecular flexibility index (Phi) is 3.52. The minimum absolute atomic E-state index is 0.00689. The Bertz CT molecular complexity index is 751. The molecule has 1 N–H and O–H groups in total. The SMILES string of the molecule is O=S1(=O)CCC(O)(Cc2cc(Br)cs2)c2ccccc21. The molecule has 3 rings (SSSR count). The van der Waals surface area contributed by atoms with Crippen LogP contribution >= 0.6 is 27.3 Å². The first-order valence-corrected chi connectivity index (χ1v) is 9.51. The molecule has 3 nitrogen and oxygen atoms in total. The summed E-state index contributed by atoms with van der Waals surface area (Å²) in [7, 11) is -3.27. The molecule has 0 radical (unpaired) electrons. The zero-order valence-corrected chi connectivity index (χ0v) is 13.8. The van der Waals surface area contributed by atoms with Crippen molar-refractivity contribution in [2.75, 3.05) is 5.75 Å². The molecule has 0 fully saturated rings. The van der Waals surface area contributed by atoms with E-state index in [0.29, 0.717) is 12.0 Å². The maximum absolute atomic E-state index is 12.1. The van der Waals surface area contributed by atoms with E-state index in [1.165, 1.54) is 0 Å². The van der Waals surface area contributed by atoms with Gasteiger partial charge < -0.3 is 5.11 Å². The van der Waals surface area contributed by atoms with Crippen LogP contribution in [0, 0.1) is 0 Å². The van der Waals surface area contributed by atoms with Crippen molar-refractivity contribution in [3.63, 3.8) is 0 Å².